The first-order valence-corrected chi connectivity index (χ1v) is 22.1. The fourth-order valence-electron chi connectivity index (χ4n) is 10.4. The van der Waals surface area contributed by atoms with Gasteiger partial charge in [0, 0.05) is 49.9 Å². The zero-order valence-corrected chi connectivity index (χ0v) is 35.5. The third-order valence-corrected chi connectivity index (χ3v) is 13.7. The summed E-state index contributed by atoms with van der Waals surface area (Å²) in [6, 6.07) is 76.7. The Kier molecular flexibility index (Phi) is 7.95. The van der Waals surface area contributed by atoms with Gasteiger partial charge in [0.1, 0.15) is 22.7 Å². The molecule has 0 spiro atoms. The minimum absolute atomic E-state index is 0.158. The van der Waals surface area contributed by atoms with Crippen molar-refractivity contribution in [3.05, 3.63) is 223 Å². The molecule has 13 rings (SSSR count). The number of furan rings is 1. The molecule has 0 amide bonds. The first-order chi connectivity index (χ1) is 31.5. The highest BCUT2D eigenvalue weighted by molar-refractivity contribution is 6.09. The van der Waals surface area contributed by atoms with E-state index in [0.717, 1.165) is 89.3 Å². The Balaban J connectivity index is 0.996. The Bertz CT molecular complexity index is 3670. The van der Waals surface area contributed by atoms with Crippen LogP contribution in [0.4, 0.5) is 17.1 Å². The van der Waals surface area contributed by atoms with Gasteiger partial charge in [0.25, 0.3) is 0 Å². The third kappa shape index (κ3) is 5.60. The third-order valence-electron chi connectivity index (χ3n) is 13.7. The fraction of sp³-hybridized carbons (Fsp3) is 0.0492. The summed E-state index contributed by atoms with van der Waals surface area (Å²) in [6.07, 6.45) is 0. The summed E-state index contributed by atoms with van der Waals surface area (Å²) in [5.74, 6) is 1.68. The molecule has 1 aromatic heterocycles. The summed E-state index contributed by atoms with van der Waals surface area (Å²) in [4.78, 5) is 2.40. The molecule has 0 saturated carbocycles. The average molecular weight is 820 g/mol. The largest absolute Gasteiger partial charge is 0.456 e. The molecule has 0 fully saturated rings. The topological polar surface area (TPSA) is 25.6 Å². The van der Waals surface area contributed by atoms with Gasteiger partial charge in [0.15, 0.2) is 0 Å². The molecule has 2 aliphatic rings. The highest BCUT2D eigenvalue weighted by Gasteiger charge is 2.36. The van der Waals surface area contributed by atoms with Crippen molar-refractivity contribution in [3.8, 4) is 67.1 Å². The molecule has 0 radical (unpaired) electrons. The zero-order chi connectivity index (χ0) is 42.5. The molecule has 64 heavy (non-hydrogen) atoms. The number of benzene rings is 10. The van der Waals surface area contributed by atoms with Crippen molar-refractivity contribution in [1.29, 1.82) is 0 Å². The Morgan fingerprint density at radius 2 is 1.00 bits per heavy atom. The second kappa shape index (κ2) is 13.9. The van der Waals surface area contributed by atoms with E-state index in [-0.39, 0.29) is 5.41 Å². The van der Waals surface area contributed by atoms with Crippen LogP contribution in [-0.4, -0.2) is 0 Å². The maximum atomic E-state index is 7.00. The molecule has 10 aromatic carbocycles. The van der Waals surface area contributed by atoms with Crippen molar-refractivity contribution < 1.29 is 9.15 Å². The second-order valence-electron chi connectivity index (χ2n) is 17.7. The van der Waals surface area contributed by atoms with Crippen LogP contribution in [0, 0.1) is 0 Å². The summed E-state index contributed by atoms with van der Waals surface area (Å²) in [5, 5.41) is 4.58. The predicted octanol–water partition coefficient (Wildman–Crippen LogP) is 17.3. The van der Waals surface area contributed by atoms with Gasteiger partial charge in [-0.1, -0.05) is 159 Å². The van der Waals surface area contributed by atoms with E-state index in [1.54, 1.807) is 0 Å². The van der Waals surface area contributed by atoms with Gasteiger partial charge in [-0.25, -0.2) is 0 Å². The first kappa shape index (κ1) is 36.5. The fourth-order valence-corrected chi connectivity index (χ4v) is 10.4. The van der Waals surface area contributed by atoms with Crippen molar-refractivity contribution in [2.45, 2.75) is 19.3 Å². The monoisotopic (exact) mass is 819 g/mol. The van der Waals surface area contributed by atoms with Gasteiger partial charge in [0.05, 0.1) is 0 Å². The van der Waals surface area contributed by atoms with Crippen LogP contribution < -0.4 is 9.64 Å². The van der Waals surface area contributed by atoms with Gasteiger partial charge in [-0.3, -0.25) is 0 Å². The summed E-state index contributed by atoms with van der Waals surface area (Å²) in [5.41, 5.74) is 19.0. The van der Waals surface area contributed by atoms with Crippen LogP contribution in [0.3, 0.4) is 0 Å². The number of hydrogen-bond donors (Lipinski definition) is 0. The maximum absolute atomic E-state index is 7.00. The molecule has 1 aliphatic heterocycles. The molecule has 0 N–H and O–H groups in total. The van der Waals surface area contributed by atoms with Crippen LogP contribution in [0.2, 0.25) is 0 Å². The number of nitrogens with zero attached hydrogens (tertiary/aromatic N) is 1. The molecule has 302 valence electrons. The smallest absolute Gasteiger partial charge is 0.143 e. The number of rotatable bonds is 5. The molecule has 1 aliphatic carbocycles. The van der Waals surface area contributed by atoms with E-state index < -0.39 is 0 Å². The number of para-hydroxylation sites is 2. The normalized spacial score (nSPS) is 13.1. The molecule has 3 heteroatoms. The molecular weight excluding hydrogens is 779 g/mol. The summed E-state index contributed by atoms with van der Waals surface area (Å²) >= 11 is 0. The van der Waals surface area contributed by atoms with E-state index >= 15 is 0 Å². The van der Waals surface area contributed by atoms with Crippen LogP contribution >= 0.6 is 0 Å². The molecular formula is C61H41NO2. The minimum atomic E-state index is -0.158. The number of ether oxygens (including phenoxy) is 1. The molecule has 0 saturated heterocycles. The SMILES string of the molecule is CC1(C)c2ccccc2-c2ccc(N(c3ccc(-c4cccc5c4oc4ccccc45)cc3)c3ccc4c(c3)-c3ccc(-c5ccccc5)cc3-c3cc5ccccc5cc3O4)cc21. The predicted molar refractivity (Wildman–Crippen MR) is 265 cm³/mol. The quantitative estimate of drug-likeness (QED) is 0.173. The van der Waals surface area contributed by atoms with E-state index in [2.05, 4.69) is 219 Å². The van der Waals surface area contributed by atoms with Gasteiger partial charge >= 0.3 is 0 Å². The van der Waals surface area contributed by atoms with E-state index in [1.807, 2.05) is 12.1 Å². The Morgan fingerprint density at radius 1 is 0.359 bits per heavy atom. The van der Waals surface area contributed by atoms with Crippen LogP contribution in [0.1, 0.15) is 25.0 Å². The van der Waals surface area contributed by atoms with Crippen LogP contribution in [0.25, 0.3) is 88.3 Å². The highest BCUT2D eigenvalue weighted by Crippen LogP contribution is 2.53. The molecule has 3 nitrogen and oxygen atoms in total. The Hall–Kier alpha value is -8.14. The lowest BCUT2D eigenvalue weighted by Crippen LogP contribution is -2.16. The van der Waals surface area contributed by atoms with Gasteiger partial charge in [-0.2, -0.15) is 0 Å². The molecule has 0 bridgehead atoms. The lowest BCUT2D eigenvalue weighted by molar-refractivity contribution is 0.488. The van der Waals surface area contributed by atoms with Gasteiger partial charge in [-0.05, 0) is 128 Å². The molecule has 2 heterocycles. The summed E-state index contributed by atoms with van der Waals surface area (Å²) in [7, 11) is 0. The maximum Gasteiger partial charge on any atom is 0.143 e. The summed E-state index contributed by atoms with van der Waals surface area (Å²) in [6.45, 7) is 4.70. The van der Waals surface area contributed by atoms with Crippen molar-refractivity contribution >= 4 is 49.8 Å². The molecule has 11 aromatic rings. The number of anilines is 3. The lowest BCUT2D eigenvalue weighted by atomic mass is 9.82. The van der Waals surface area contributed by atoms with Crippen LogP contribution in [0.15, 0.2) is 217 Å². The van der Waals surface area contributed by atoms with Crippen molar-refractivity contribution in [3.63, 3.8) is 0 Å². The Morgan fingerprint density at radius 3 is 1.88 bits per heavy atom. The van der Waals surface area contributed by atoms with E-state index in [0.29, 0.717) is 0 Å². The van der Waals surface area contributed by atoms with Crippen molar-refractivity contribution in [1.82, 2.24) is 0 Å². The van der Waals surface area contributed by atoms with E-state index in [4.69, 9.17) is 9.15 Å². The van der Waals surface area contributed by atoms with Crippen molar-refractivity contribution in [2.75, 3.05) is 4.90 Å². The van der Waals surface area contributed by atoms with Crippen LogP contribution in [-0.2, 0) is 5.41 Å². The second-order valence-corrected chi connectivity index (χ2v) is 17.7. The highest BCUT2D eigenvalue weighted by atomic mass is 16.5. The number of hydrogen-bond acceptors (Lipinski definition) is 3. The van der Waals surface area contributed by atoms with Crippen molar-refractivity contribution in [2.24, 2.45) is 0 Å². The van der Waals surface area contributed by atoms with E-state index in [1.165, 1.54) is 38.8 Å². The standard InChI is InChI=1S/C61H41NO2/c1-61(2)55-21-10-8-17-48(55)49-31-28-45(37-56(49)61)62(43-26-23-39(24-27-43)46-19-12-20-51-50-18-9-11-22-57(50)64-60(46)51)44-29-32-58-54(36-44)47-30-25-42(38-13-4-3-5-14-38)33-52(47)53-34-40-15-6-7-16-41(40)35-59(53)63-58/h3-37H,1-2H3. The minimum Gasteiger partial charge on any atom is -0.456 e. The van der Waals surface area contributed by atoms with Crippen LogP contribution in [0.5, 0.6) is 11.5 Å². The lowest BCUT2D eigenvalue weighted by Gasteiger charge is -2.29. The number of fused-ring (bicyclic) bond motifs is 12. The first-order valence-electron chi connectivity index (χ1n) is 22.1. The molecule has 0 atom stereocenters. The van der Waals surface area contributed by atoms with Gasteiger partial charge in [0.2, 0.25) is 0 Å². The van der Waals surface area contributed by atoms with Gasteiger partial charge < -0.3 is 14.1 Å². The summed E-state index contributed by atoms with van der Waals surface area (Å²) < 4.78 is 13.5. The average Bonchev–Trinajstić information content (AvgIpc) is 3.79. The van der Waals surface area contributed by atoms with E-state index in [9.17, 15) is 0 Å². The van der Waals surface area contributed by atoms with Gasteiger partial charge in [-0.15, -0.1) is 0 Å². The Labute approximate surface area is 372 Å². The zero-order valence-electron chi connectivity index (χ0n) is 35.5. The molecule has 0 unspecified atom stereocenters.